The van der Waals surface area contributed by atoms with Crippen LogP contribution < -0.4 is 0 Å². The molecule has 3 aliphatic carbocycles. The van der Waals surface area contributed by atoms with Crippen LogP contribution in [0.25, 0.3) is 4.85 Å². The maximum absolute atomic E-state index is 9.32. The van der Waals surface area contributed by atoms with Crippen LogP contribution in [0.1, 0.15) is 56.3 Å². The third-order valence-corrected chi connectivity index (χ3v) is 5.50. The molecule has 3 heteroatoms. The molecule has 0 saturated heterocycles. The SMILES string of the molecule is [C-]#[N+]c1ccc2c(c1)C1c3ccc(C#N)cc3C2c2ccc(C#N)cc21. The quantitative estimate of drug-likeness (QED) is 0.377. The summed E-state index contributed by atoms with van der Waals surface area (Å²) in [4.78, 5) is 3.59. The summed E-state index contributed by atoms with van der Waals surface area (Å²) >= 11 is 0. The standard InChI is InChI=1S/C23H11N3/c1-26-15-4-7-18-21(10-15)23-17-6-3-13(11-24)8-19(17)22(18)16-5-2-14(12-25)9-20(16)23/h2-10,22-23H. The molecule has 0 heterocycles. The molecule has 3 aliphatic rings. The van der Waals surface area contributed by atoms with E-state index in [1.165, 1.54) is 16.7 Å². The summed E-state index contributed by atoms with van der Waals surface area (Å²) in [5, 5.41) is 18.6. The van der Waals surface area contributed by atoms with E-state index in [0.717, 1.165) is 16.7 Å². The van der Waals surface area contributed by atoms with Crippen LogP contribution in [0.2, 0.25) is 0 Å². The monoisotopic (exact) mass is 329 g/mol. The minimum absolute atomic E-state index is 0.00254. The Labute approximate surface area is 151 Å². The van der Waals surface area contributed by atoms with Gasteiger partial charge in [-0.05, 0) is 57.6 Å². The molecule has 0 saturated carbocycles. The molecule has 0 amide bonds. The summed E-state index contributed by atoms with van der Waals surface area (Å²) < 4.78 is 0. The Morgan fingerprint density at radius 3 is 1.62 bits per heavy atom. The van der Waals surface area contributed by atoms with Crippen molar-refractivity contribution in [2.24, 2.45) is 0 Å². The Morgan fingerprint density at radius 1 is 0.654 bits per heavy atom. The van der Waals surface area contributed by atoms with Crippen molar-refractivity contribution in [3.63, 3.8) is 0 Å². The van der Waals surface area contributed by atoms with Crippen LogP contribution in [0.4, 0.5) is 5.69 Å². The number of nitriles is 2. The van der Waals surface area contributed by atoms with Gasteiger partial charge < -0.3 is 0 Å². The Bertz CT molecular complexity index is 1170. The van der Waals surface area contributed by atoms with Crippen molar-refractivity contribution in [1.82, 2.24) is 0 Å². The van der Waals surface area contributed by atoms with E-state index in [4.69, 9.17) is 6.57 Å². The number of hydrogen-bond donors (Lipinski definition) is 0. The van der Waals surface area contributed by atoms with Crippen molar-refractivity contribution < 1.29 is 0 Å². The Kier molecular flexibility index (Phi) is 2.82. The van der Waals surface area contributed by atoms with Crippen molar-refractivity contribution in [2.75, 3.05) is 0 Å². The molecule has 2 bridgehead atoms. The number of rotatable bonds is 0. The molecule has 3 nitrogen and oxygen atoms in total. The number of benzene rings is 3. The maximum atomic E-state index is 9.32. The van der Waals surface area contributed by atoms with Crippen LogP contribution >= 0.6 is 0 Å². The van der Waals surface area contributed by atoms with Crippen molar-refractivity contribution in [3.8, 4) is 12.1 Å². The first kappa shape index (κ1) is 14.5. The lowest BCUT2D eigenvalue weighted by atomic mass is 9.60. The predicted octanol–water partition coefficient (Wildman–Crippen LogP) is 4.97. The van der Waals surface area contributed by atoms with Crippen LogP contribution in [0.3, 0.4) is 0 Å². The second-order valence-electron chi connectivity index (χ2n) is 6.70. The maximum Gasteiger partial charge on any atom is 0.187 e. The Balaban J connectivity index is 1.87. The molecule has 3 aromatic rings. The van der Waals surface area contributed by atoms with Gasteiger partial charge >= 0.3 is 0 Å². The minimum Gasteiger partial charge on any atom is -0.238 e. The lowest BCUT2D eigenvalue weighted by molar-refractivity contribution is 0.754. The highest BCUT2D eigenvalue weighted by molar-refractivity contribution is 5.71. The molecule has 3 aromatic carbocycles. The van der Waals surface area contributed by atoms with Gasteiger partial charge in [0.1, 0.15) is 0 Å². The zero-order valence-corrected chi connectivity index (χ0v) is 13.7. The third kappa shape index (κ3) is 1.74. The number of nitrogens with zero attached hydrogens (tertiary/aromatic N) is 3. The Morgan fingerprint density at radius 2 is 1.12 bits per heavy atom. The van der Waals surface area contributed by atoms with Gasteiger partial charge in [-0.25, -0.2) is 4.85 Å². The van der Waals surface area contributed by atoms with Gasteiger partial charge in [-0.3, -0.25) is 0 Å². The molecule has 26 heavy (non-hydrogen) atoms. The van der Waals surface area contributed by atoms with Gasteiger partial charge in [-0.15, -0.1) is 0 Å². The van der Waals surface area contributed by atoms with Gasteiger partial charge in [-0.2, -0.15) is 10.5 Å². The molecule has 0 fully saturated rings. The fourth-order valence-corrected chi connectivity index (χ4v) is 4.46. The molecule has 2 atom stereocenters. The first-order chi connectivity index (χ1) is 12.7. The Hall–Kier alpha value is -3.87. The second kappa shape index (κ2) is 5.06. The van der Waals surface area contributed by atoms with Crippen molar-refractivity contribution >= 4 is 5.69 Å². The van der Waals surface area contributed by atoms with Gasteiger partial charge in [0.2, 0.25) is 0 Å². The van der Waals surface area contributed by atoms with E-state index < -0.39 is 0 Å². The fourth-order valence-electron chi connectivity index (χ4n) is 4.46. The molecule has 0 aliphatic heterocycles. The summed E-state index contributed by atoms with van der Waals surface area (Å²) in [6, 6.07) is 22.1. The van der Waals surface area contributed by atoms with Gasteiger partial charge in [0, 0.05) is 11.8 Å². The second-order valence-corrected chi connectivity index (χ2v) is 6.70. The fraction of sp³-hybridized carbons (Fsp3) is 0.0870. The summed E-state index contributed by atoms with van der Waals surface area (Å²) in [6.07, 6.45) is 0. The highest BCUT2D eigenvalue weighted by Crippen LogP contribution is 2.56. The van der Waals surface area contributed by atoms with Crippen LogP contribution in [-0.4, -0.2) is 0 Å². The van der Waals surface area contributed by atoms with Gasteiger partial charge in [0.25, 0.3) is 0 Å². The largest absolute Gasteiger partial charge is 0.238 e. The summed E-state index contributed by atoms with van der Waals surface area (Å²) in [5.41, 5.74) is 8.94. The highest BCUT2D eigenvalue weighted by atomic mass is 14.6. The molecular formula is C23H11N3. The van der Waals surface area contributed by atoms with E-state index in [0.29, 0.717) is 16.8 Å². The van der Waals surface area contributed by atoms with Crippen molar-refractivity contribution in [3.05, 3.63) is 111 Å². The number of hydrogen-bond acceptors (Lipinski definition) is 2. The van der Waals surface area contributed by atoms with Gasteiger partial charge in [0.15, 0.2) is 5.69 Å². The average Bonchev–Trinajstić information content (AvgIpc) is 2.71. The molecule has 6 rings (SSSR count). The summed E-state index contributed by atoms with van der Waals surface area (Å²) in [5.74, 6) is 0.0450. The van der Waals surface area contributed by atoms with E-state index in [1.807, 2.05) is 54.6 Å². The van der Waals surface area contributed by atoms with E-state index >= 15 is 0 Å². The average molecular weight is 329 g/mol. The first-order valence-electron chi connectivity index (χ1n) is 8.34. The minimum atomic E-state index is 0.00254. The van der Waals surface area contributed by atoms with Crippen molar-refractivity contribution in [2.45, 2.75) is 11.8 Å². The molecule has 2 unspecified atom stereocenters. The van der Waals surface area contributed by atoms with E-state index in [2.05, 4.69) is 17.0 Å². The molecule has 0 radical (unpaired) electrons. The van der Waals surface area contributed by atoms with Crippen LogP contribution in [-0.2, 0) is 0 Å². The lowest BCUT2D eigenvalue weighted by Gasteiger charge is -2.42. The van der Waals surface area contributed by atoms with Gasteiger partial charge in [-0.1, -0.05) is 30.3 Å². The lowest BCUT2D eigenvalue weighted by Crippen LogP contribution is -2.27. The van der Waals surface area contributed by atoms with Crippen molar-refractivity contribution in [1.29, 1.82) is 10.5 Å². The first-order valence-corrected chi connectivity index (χ1v) is 8.34. The summed E-state index contributed by atoms with van der Waals surface area (Å²) in [7, 11) is 0. The molecule has 0 N–H and O–H groups in total. The van der Waals surface area contributed by atoms with Crippen LogP contribution in [0.15, 0.2) is 54.6 Å². The zero-order chi connectivity index (χ0) is 17.8. The highest BCUT2D eigenvalue weighted by Gasteiger charge is 2.41. The zero-order valence-electron chi connectivity index (χ0n) is 13.7. The van der Waals surface area contributed by atoms with E-state index in [9.17, 15) is 10.5 Å². The molecular weight excluding hydrogens is 318 g/mol. The molecule has 0 aromatic heterocycles. The smallest absolute Gasteiger partial charge is 0.187 e. The van der Waals surface area contributed by atoms with E-state index in [-0.39, 0.29) is 11.8 Å². The third-order valence-electron chi connectivity index (χ3n) is 5.50. The predicted molar refractivity (Wildman–Crippen MR) is 96.9 cm³/mol. The molecule has 0 spiro atoms. The topological polar surface area (TPSA) is 51.9 Å². The van der Waals surface area contributed by atoms with Crippen LogP contribution in [0, 0.1) is 29.2 Å². The van der Waals surface area contributed by atoms with Crippen LogP contribution in [0.5, 0.6) is 0 Å². The summed E-state index contributed by atoms with van der Waals surface area (Å²) in [6.45, 7) is 7.35. The molecule has 118 valence electrons. The van der Waals surface area contributed by atoms with E-state index in [1.54, 1.807) is 0 Å². The van der Waals surface area contributed by atoms with Gasteiger partial charge in [0.05, 0.1) is 29.8 Å². The normalized spacial score (nSPS) is 17.9.